The van der Waals surface area contributed by atoms with Gasteiger partial charge < -0.3 is 10.1 Å². The Bertz CT molecular complexity index is 1220. The highest BCUT2D eigenvalue weighted by Gasteiger charge is 2.30. The van der Waals surface area contributed by atoms with E-state index in [0.717, 1.165) is 16.8 Å². The van der Waals surface area contributed by atoms with Gasteiger partial charge in [0.05, 0.1) is 28.4 Å². The number of rotatable bonds is 4. The zero-order valence-corrected chi connectivity index (χ0v) is 16.2. The first kappa shape index (κ1) is 19.8. The number of para-hydroxylation sites is 1. The van der Waals surface area contributed by atoms with Crippen LogP contribution in [0.3, 0.4) is 0 Å². The molecule has 0 unspecified atom stereocenters. The minimum atomic E-state index is -4.41. The van der Waals surface area contributed by atoms with Gasteiger partial charge in [-0.15, -0.1) is 0 Å². The highest BCUT2D eigenvalue weighted by molar-refractivity contribution is 7.22. The lowest BCUT2D eigenvalue weighted by atomic mass is 10.1. The topological polar surface area (TPSA) is 77.0 Å². The molecule has 1 N–H and O–H groups in total. The van der Waals surface area contributed by atoms with E-state index in [1.807, 2.05) is 6.07 Å². The van der Waals surface area contributed by atoms with Crippen molar-refractivity contribution in [3.8, 4) is 22.9 Å². The van der Waals surface area contributed by atoms with Crippen LogP contribution in [-0.2, 0) is 11.0 Å². The molecule has 0 spiro atoms. The van der Waals surface area contributed by atoms with Crippen molar-refractivity contribution in [2.45, 2.75) is 13.1 Å². The summed E-state index contributed by atoms with van der Waals surface area (Å²) < 4.78 is 44.9. The Balaban J connectivity index is 1.62. The van der Waals surface area contributed by atoms with E-state index >= 15 is 0 Å². The van der Waals surface area contributed by atoms with Crippen LogP contribution in [0.25, 0.3) is 21.5 Å². The number of aromatic nitrogens is 3. The SMILES string of the molecule is CC(=O)Nc1nc2c(Oc3cncc(-c4ccc(C(F)(F)F)cc4)n3)cccc2s1. The van der Waals surface area contributed by atoms with Crippen molar-refractivity contribution < 1.29 is 22.7 Å². The van der Waals surface area contributed by atoms with Gasteiger partial charge in [-0.1, -0.05) is 29.5 Å². The fourth-order valence-electron chi connectivity index (χ4n) is 2.69. The second-order valence-corrected chi connectivity index (χ2v) is 7.25. The third kappa shape index (κ3) is 4.23. The van der Waals surface area contributed by atoms with Crippen LogP contribution in [0.2, 0.25) is 0 Å². The summed E-state index contributed by atoms with van der Waals surface area (Å²) in [5, 5.41) is 3.08. The molecule has 4 aromatic rings. The number of amides is 1. The van der Waals surface area contributed by atoms with E-state index in [0.29, 0.717) is 27.7 Å². The van der Waals surface area contributed by atoms with E-state index in [1.54, 1.807) is 12.1 Å². The van der Waals surface area contributed by atoms with Gasteiger partial charge in [-0.05, 0) is 24.3 Å². The van der Waals surface area contributed by atoms with Crippen LogP contribution in [0, 0.1) is 0 Å². The van der Waals surface area contributed by atoms with Gasteiger partial charge in [-0.3, -0.25) is 9.78 Å². The Morgan fingerprint density at radius 3 is 2.53 bits per heavy atom. The molecule has 2 aromatic heterocycles. The van der Waals surface area contributed by atoms with Crippen LogP contribution in [-0.4, -0.2) is 20.9 Å². The van der Waals surface area contributed by atoms with Gasteiger partial charge in [0.15, 0.2) is 10.9 Å². The summed E-state index contributed by atoms with van der Waals surface area (Å²) >= 11 is 1.30. The maximum atomic E-state index is 12.8. The second-order valence-electron chi connectivity index (χ2n) is 6.22. The number of halogens is 3. The average Bonchev–Trinajstić information content (AvgIpc) is 3.10. The lowest BCUT2D eigenvalue weighted by molar-refractivity contribution is -0.137. The van der Waals surface area contributed by atoms with E-state index in [-0.39, 0.29) is 11.8 Å². The van der Waals surface area contributed by atoms with E-state index in [9.17, 15) is 18.0 Å². The average molecular weight is 430 g/mol. The van der Waals surface area contributed by atoms with Gasteiger partial charge in [-0.25, -0.2) is 9.97 Å². The van der Waals surface area contributed by atoms with Crippen molar-refractivity contribution in [3.63, 3.8) is 0 Å². The molecule has 2 aromatic carbocycles. The van der Waals surface area contributed by atoms with Gasteiger partial charge in [0.2, 0.25) is 11.8 Å². The zero-order valence-electron chi connectivity index (χ0n) is 15.4. The lowest BCUT2D eigenvalue weighted by Gasteiger charge is -2.09. The number of benzene rings is 2. The molecular formula is C20H13F3N4O2S. The number of carbonyl (C=O) groups is 1. The summed E-state index contributed by atoms with van der Waals surface area (Å²) in [5.74, 6) is 0.347. The highest BCUT2D eigenvalue weighted by atomic mass is 32.1. The molecule has 0 aliphatic rings. The van der Waals surface area contributed by atoms with E-state index in [2.05, 4.69) is 20.3 Å². The molecule has 0 bridgehead atoms. The molecule has 0 aliphatic heterocycles. The molecule has 0 saturated heterocycles. The number of alkyl halides is 3. The van der Waals surface area contributed by atoms with Crippen LogP contribution in [0.4, 0.5) is 18.3 Å². The van der Waals surface area contributed by atoms with Crippen molar-refractivity contribution in [2.24, 2.45) is 0 Å². The number of hydrogen-bond donors (Lipinski definition) is 1. The molecule has 10 heteroatoms. The number of hydrogen-bond acceptors (Lipinski definition) is 6. The van der Waals surface area contributed by atoms with Gasteiger partial charge >= 0.3 is 6.18 Å². The standard InChI is InChI=1S/C20H13F3N4O2S/c1-11(28)25-19-27-18-15(3-2-4-16(18)30-19)29-17-10-24-9-14(26-17)12-5-7-13(8-6-12)20(21,22)23/h2-10H,1H3,(H,25,27,28). The Kier molecular flexibility index (Phi) is 5.08. The Morgan fingerprint density at radius 2 is 1.83 bits per heavy atom. The molecule has 6 nitrogen and oxygen atoms in total. The number of carbonyl (C=O) groups excluding carboxylic acids is 1. The summed E-state index contributed by atoms with van der Waals surface area (Å²) in [6.07, 6.45) is -1.57. The van der Waals surface area contributed by atoms with Gasteiger partial charge in [0, 0.05) is 12.5 Å². The molecule has 0 aliphatic carbocycles. The largest absolute Gasteiger partial charge is 0.435 e. The first-order valence-electron chi connectivity index (χ1n) is 8.64. The van der Waals surface area contributed by atoms with Gasteiger partial charge in [0.25, 0.3) is 0 Å². The van der Waals surface area contributed by atoms with E-state index < -0.39 is 11.7 Å². The van der Waals surface area contributed by atoms with E-state index in [4.69, 9.17) is 4.74 Å². The van der Waals surface area contributed by atoms with Gasteiger partial charge in [-0.2, -0.15) is 13.2 Å². The molecule has 0 atom stereocenters. The molecule has 152 valence electrons. The first-order chi connectivity index (χ1) is 14.3. The summed E-state index contributed by atoms with van der Waals surface area (Å²) in [5.41, 5.74) is 0.649. The normalized spacial score (nSPS) is 11.5. The van der Waals surface area contributed by atoms with Crippen molar-refractivity contribution in [3.05, 3.63) is 60.4 Å². The van der Waals surface area contributed by atoms with Crippen molar-refractivity contribution >= 4 is 32.6 Å². The van der Waals surface area contributed by atoms with Crippen LogP contribution in [0.1, 0.15) is 12.5 Å². The maximum absolute atomic E-state index is 12.8. The number of nitrogens with one attached hydrogen (secondary N) is 1. The lowest BCUT2D eigenvalue weighted by Crippen LogP contribution is -2.04. The first-order valence-corrected chi connectivity index (χ1v) is 9.46. The monoisotopic (exact) mass is 430 g/mol. The summed E-state index contributed by atoms with van der Waals surface area (Å²) in [6, 6.07) is 9.96. The Labute approximate surface area is 172 Å². The molecule has 1 amide bonds. The van der Waals surface area contributed by atoms with Crippen LogP contribution in [0.15, 0.2) is 54.9 Å². The minimum absolute atomic E-state index is 0.161. The molecule has 4 rings (SSSR count). The third-order valence-electron chi connectivity index (χ3n) is 4.00. The number of fused-ring (bicyclic) bond motifs is 1. The van der Waals surface area contributed by atoms with Crippen LogP contribution < -0.4 is 10.1 Å². The van der Waals surface area contributed by atoms with Crippen molar-refractivity contribution in [2.75, 3.05) is 5.32 Å². The fourth-order valence-corrected chi connectivity index (χ4v) is 3.62. The molecule has 2 heterocycles. The van der Waals surface area contributed by atoms with Crippen LogP contribution >= 0.6 is 11.3 Å². The molecule has 0 radical (unpaired) electrons. The third-order valence-corrected chi connectivity index (χ3v) is 4.94. The predicted molar refractivity (Wildman–Crippen MR) is 106 cm³/mol. The highest BCUT2D eigenvalue weighted by Crippen LogP contribution is 2.35. The molecule has 30 heavy (non-hydrogen) atoms. The smallest absolute Gasteiger partial charge is 0.416 e. The minimum Gasteiger partial charge on any atom is -0.435 e. The number of nitrogens with zero attached hydrogens (tertiary/aromatic N) is 3. The predicted octanol–water partition coefficient (Wildman–Crippen LogP) is 5.52. The summed E-state index contributed by atoms with van der Waals surface area (Å²) in [7, 11) is 0. The fraction of sp³-hybridized carbons (Fsp3) is 0.100. The second kappa shape index (κ2) is 7.71. The number of thiazole rings is 1. The van der Waals surface area contributed by atoms with E-state index in [1.165, 1.54) is 42.8 Å². The van der Waals surface area contributed by atoms with Crippen molar-refractivity contribution in [1.29, 1.82) is 0 Å². The summed E-state index contributed by atoms with van der Waals surface area (Å²) in [6.45, 7) is 1.39. The zero-order chi connectivity index (χ0) is 21.3. The van der Waals surface area contributed by atoms with Crippen LogP contribution in [0.5, 0.6) is 11.6 Å². The summed E-state index contributed by atoms with van der Waals surface area (Å²) in [4.78, 5) is 24.0. The van der Waals surface area contributed by atoms with Crippen molar-refractivity contribution in [1.82, 2.24) is 15.0 Å². The number of ether oxygens (including phenoxy) is 1. The number of anilines is 1. The molecule has 0 fully saturated rings. The maximum Gasteiger partial charge on any atom is 0.416 e. The Morgan fingerprint density at radius 1 is 1.07 bits per heavy atom. The molecular weight excluding hydrogens is 417 g/mol. The van der Waals surface area contributed by atoms with Gasteiger partial charge in [0.1, 0.15) is 5.52 Å². The quantitative estimate of drug-likeness (QED) is 0.461. The Hall–Kier alpha value is -3.53. The molecule has 0 saturated carbocycles.